The molecule has 7 heteroatoms. The van der Waals surface area contributed by atoms with Gasteiger partial charge in [-0.25, -0.2) is 0 Å². The van der Waals surface area contributed by atoms with Crippen LogP contribution in [0, 0.1) is 6.92 Å². The molecule has 2 atom stereocenters. The van der Waals surface area contributed by atoms with E-state index in [2.05, 4.69) is 10.5 Å². The Morgan fingerprint density at radius 3 is 3.11 bits per heavy atom. The van der Waals surface area contributed by atoms with Crippen LogP contribution in [0.25, 0.3) is 0 Å². The van der Waals surface area contributed by atoms with Crippen LogP contribution in [0.1, 0.15) is 12.1 Å². The van der Waals surface area contributed by atoms with Gasteiger partial charge in [-0.15, -0.1) is 0 Å². The van der Waals surface area contributed by atoms with Gasteiger partial charge in [0.25, 0.3) is 0 Å². The Morgan fingerprint density at radius 1 is 1.72 bits per heavy atom. The number of aliphatic hydroxyl groups excluding tert-OH is 2. The number of carbonyl (C=O) groups excluding carboxylic acids is 1. The van der Waals surface area contributed by atoms with Crippen LogP contribution in [-0.2, 0) is 4.79 Å². The zero-order valence-electron chi connectivity index (χ0n) is 10.2. The molecular weight excluding hydrogens is 238 g/mol. The topological polar surface area (TPSA) is 98.8 Å². The van der Waals surface area contributed by atoms with Gasteiger partial charge in [-0.05, 0) is 13.3 Å². The van der Waals surface area contributed by atoms with Crippen LogP contribution >= 0.6 is 0 Å². The van der Waals surface area contributed by atoms with Gasteiger partial charge in [0.2, 0.25) is 11.8 Å². The van der Waals surface area contributed by atoms with Crippen LogP contribution in [0.4, 0.5) is 5.88 Å². The lowest BCUT2D eigenvalue weighted by Crippen LogP contribution is -2.38. The molecule has 1 aromatic heterocycles. The molecule has 2 rings (SSSR count). The zero-order chi connectivity index (χ0) is 13.1. The van der Waals surface area contributed by atoms with Crippen molar-refractivity contribution in [2.75, 3.05) is 25.0 Å². The van der Waals surface area contributed by atoms with E-state index in [1.807, 2.05) is 0 Å². The van der Waals surface area contributed by atoms with E-state index >= 15 is 0 Å². The number of hydrogen-bond acceptors (Lipinski definition) is 6. The number of carbonyl (C=O) groups is 1. The minimum atomic E-state index is -0.484. The maximum Gasteiger partial charge on any atom is 0.240 e. The molecule has 0 aliphatic carbocycles. The predicted octanol–water partition coefficient (Wildman–Crippen LogP) is -0.651. The minimum absolute atomic E-state index is 0.0637. The molecule has 18 heavy (non-hydrogen) atoms. The predicted molar refractivity (Wildman–Crippen MR) is 62.9 cm³/mol. The highest BCUT2D eigenvalue weighted by atomic mass is 16.5. The quantitative estimate of drug-likeness (QED) is 0.661. The van der Waals surface area contributed by atoms with Crippen LogP contribution in [0.5, 0.6) is 0 Å². The number of likely N-dealkylation sites (tertiary alicyclic amines) is 1. The third-order valence-electron chi connectivity index (χ3n) is 2.95. The Balaban J connectivity index is 1.87. The van der Waals surface area contributed by atoms with E-state index in [1.165, 1.54) is 0 Å². The van der Waals surface area contributed by atoms with Gasteiger partial charge in [0.05, 0.1) is 24.9 Å². The second kappa shape index (κ2) is 5.47. The molecule has 1 aromatic rings. The van der Waals surface area contributed by atoms with Crippen molar-refractivity contribution in [1.29, 1.82) is 0 Å². The maximum atomic E-state index is 11.7. The van der Waals surface area contributed by atoms with Crippen LogP contribution in [-0.4, -0.2) is 58.0 Å². The van der Waals surface area contributed by atoms with Crippen molar-refractivity contribution in [3.05, 3.63) is 11.8 Å². The third kappa shape index (κ3) is 3.06. The Morgan fingerprint density at radius 2 is 2.50 bits per heavy atom. The lowest BCUT2D eigenvalue weighted by molar-refractivity contribution is -0.117. The van der Waals surface area contributed by atoms with E-state index < -0.39 is 6.10 Å². The van der Waals surface area contributed by atoms with Gasteiger partial charge in [-0.1, -0.05) is 5.16 Å². The van der Waals surface area contributed by atoms with Crippen LogP contribution in [0.15, 0.2) is 10.6 Å². The molecule has 0 spiro atoms. The first-order valence-corrected chi connectivity index (χ1v) is 5.84. The summed E-state index contributed by atoms with van der Waals surface area (Å²) in [5.74, 6) is 0.0523. The molecule has 1 aliphatic rings. The molecule has 0 bridgehead atoms. The Kier molecular flexibility index (Phi) is 3.95. The number of amides is 1. The smallest absolute Gasteiger partial charge is 0.240 e. The Hall–Kier alpha value is -1.44. The van der Waals surface area contributed by atoms with Crippen LogP contribution < -0.4 is 5.32 Å². The van der Waals surface area contributed by atoms with Gasteiger partial charge in [-0.2, -0.15) is 0 Å². The van der Waals surface area contributed by atoms with Crippen LogP contribution in [0.2, 0.25) is 0 Å². The number of aliphatic hydroxyl groups is 2. The molecule has 0 unspecified atom stereocenters. The molecule has 3 N–H and O–H groups in total. The van der Waals surface area contributed by atoms with Crippen LogP contribution in [0.3, 0.4) is 0 Å². The summed E-state index contributed by atoms with van der Waals surface area (Å²) in [6.45, 7) is 2.21. The fraction of sp³-hybridized carbons (Fsp3) is 0.636. The highest BCUT2D eigenvalue weighted by Gasteiger charge is 2.31. The first-order valence-electron chi connectivity index (χ1n) is 5.84. The number of aryl methyl sites for hydroxylation is 1. The lowest BCUT2D eigenvalue weighted by Gasteiger charge is -2.20. The first kappa shape index (κ1) is 13.0. The molecule has 1 fully saturated rings. The van der Waals surface area contributed by atoms with E-state index in [-0.39, 0.29) is 25.1 Å². The normalized spacial score (nSPS) is 24.4. The van der Waals surface area contributed by atoms with Gasteiger partial charge in [-0.3, -0.25) is 15.0 Å². The van der Waals surface area contributed by atoms with Crippen molar-refractivity contribution in [3.8, 4) is 0 Å². The summed E-state index contributed by atoms with van der Waals surface area (Å²) < 4.78 is 4.87. The molecule has 7 nitrogen and oxygen atoms in total. The van der Waals surface area contributed by atoms with E-state index in [1.54, 1.807) is 17.9 Å². The number of nitrogens with zero attached hydrogens (tertiary/aromatic N) is 2. The Labute approximate surface area is 104 Å². The van der Waals surface area contributed by atoms with Crippen molar-refractivity contribution in [2.45, 2.75) is 25.5 Å². The molecule has 0 saturated carbocycles. The monoisotopic (exact) mass is 255 g/mol. The minimum Gasteiger partial charge on any atom is -0.395 e. The third-order valence-corrected chi connectivity index (χ3v) is 2.95. The summed E-state index contributed by atoms with van der Waals surface area (Å²) >= 11 is 0. The van der Waals surface area contributed by atoms with Gasteiger partial charge >= 0.3 is 0 Å². The fourth-order valence-electron chi connectivity index (χ4n) is 2.12. The van der Waals surface area contributed by atoms with E-state index in [4.69, 9.17) is 9.63 Å². The van der Waals surface area contributed by atoms with E-state index in [0.717, 1.165) is 0 Å². The summed E-state index contributed by atoms with van der Waals surface area (Å²) in [7, 11) is 0. The summed E-state index contributed by atoms with van der Waals surface area (Å²) in [5, 5.41) is 24.9. The fourth-order valence-corrected chi connectivity index (χ4v) is 2.12. The van der Waals surface area contributed by atoms with Crippen molar-refractivity contribution in [3.63, 3.8) is 0 Å². The second-order valence-corrected chi connectivity index (χ2v) is 4.54. The molecular formula is C11H17N3O4. The number of anilines is 1. The average Bonchev–Trinajstić information content (AvgIpc) is 2.85. The SMILES string of the molecule is Cc1cc(NC(=O)CN2C[C@@H](O)C[C@H]2CO)on1. The van der Waals surface area contributed by atoms with Crippen molar-refractivity contribution in [1.82, 2.24) is 10.1 Å². The summed E-state index contributed by atoms with van der Waals surface area (Å²) in [4.78, 5) is 13.5. The molecule has 0 aromatic carbocycles. The number of aromatic nitrogens is 1. The molecule has 2 heterocycles. The first-order chi connectivity index (χ1) is 8.58. The molecule has 1 aliphatic heterocycles. The number of β-amino-alcohol motifs (C(OH)–C–C–N with tert-alkyl or cyclic N) is 1. The number of hydrogen-bond donors (Lipinski definition) is 3. The molecule has 0 radical (unpaired) electrons. The van der Waals surface area contributed by atoms with E-state index in [0.29, 0.717) is 24.5 Å². The van der Waals surface area contributed by atoms with E-state index in [9.17, 15) is 9.90 Å². The summed E-state index contributed by atoms with van der Waals surface area (Å²) in [5.41, 5.74) is 0.690. The zero-order valence-corrected chi connectivity index (χ0v) is 10.2. The van der Waals surface area contributed by atoms with Gasteiger partial charge in [0.1, 0.15) is 0 Å². The van der Waals surface area contributed by atoms with Crippen molar-refractivity contribution >= 4 is 11.8 Å². The summed E-state index contributed by atoms with van der Waals surface area (Å²) in [6.07, 6.45) is 0.00745. The maximum absolute atomic E-state index is 11.7. The summed E-state index contributed by atoms with van der Waals surface area (Å²) in [6, 6.07) is 1.46. The average molecular weight is 255 g/mol. The highest BCUT2D eigenvalue weighted by molar-refractivity contribution is 5.91. The number of rotatable bonds is 4. The van der Waals surface area contributed by atoms with Crippen molar-refractivity contribution in [2.24, 2.45) is 0 Å². The second-order valence-electron chi connectivity index (χ2n) is 4.54. The molecule has 100 valence electrons. The highest BCUT2D eigenvalue weighted by Crippen LogP contribution is 2.17. The Bertz CT molecular complexity index is 420. The standard InChI is InChI=1S/C11H17N3O4/c1-7-2-11(18-13-7)12-10(17)5-14-4-9(16)3-8(14)6-15/h2,8-9,15-16H,3-6H2,1H3,(H,12,17)/t8-,9-/m0/s1. The number of nitrogens with one attached hydrogen (secondary N) is 1. The van der Waals surface area contributed by atoms with Gasteiger partial charge < -0.3 is 14.7 Å². The van der Waals surface area contributed by atoms with Gasteiger partial charge in [0, 0.05) is 18.7 Å². The van der Waals surface area contributed by atoms with Crippen molar-refractivity contribution < 1.29 is 19.5 Å². The molecule has 1 amide bonds. The largest absolute Gasteiger partial charge is 0.395 e. The van der Waals surface area contributed by atoms with Gasteiger partial charge in [0.15, 0.2) is 0 Å². The lowest BCUT2D eigenvalue weighted by atomic mass is 10.2. The molecule has 1 saturated heterocycles.